The van der Waals surface area contributed by atoms with Crippen molar-refractivity contribution in [1.29, 1.82) is 0 Å². The van der Waals surface area contributed by atoms with Gasteiger partial charge in [-0.05, 0) is 41.8 Å². The Kier molecular flexibility index (Phi) is 3.72. The topological polar surface area (TPSA) is 49.9 Å². The fraction of sp³-hybridized carbons (Fsp3) is 0.333. The molecule has 2 amide bonds. The molecule has 0 aliphatic carbocycles. The predicted octanol–water partition coefficient (Wildman–Crippen LogP) is 2.70. The fourth-order valence-electron chi connectivity index (χ4n) is 5.51. The van der Waals surface area contributed by atoms with Crippen LogP contribution in [0.25, 0.3) is 0 Å². The van der Waals surface area contributed by atoms with E-state index >= 15 is 0 Å². The van der Waals surface area contributed by atoms with Crippen LogP contribution in [0.3, 0.4) is 0 Å². The van der Waals surface area contributed by atoms with E-state index in [-0.39, 0.29) is 23.7 Å². The number of rotatable bonds is 2. The van der Waals surface area contributed by atoms with Gasteiger partial charge in [-0.2, -0.15) is 0 Å². The first kappa shape index (κ1) is 17.8. The molecule has 1 spiro atoms. The SMILES string of the molecule is O=C([C@H]1[C@@H]2C=C[C@@]3(CN(c4ccc(F)cc4)C(=O)[C@@H]13)O2)N1CCc2ccccc2C1. The van der Waals surface area contributed by atoms with Crippen molar-refractivity contribution in [3.8, 4) is 0 Å². The van der Waals surface area contributed by atoms with E-state index in [4.69, 9.17) is 4.74 Å². The van der Waals surface area contributed by atoms with Crippen LogP contribution in [0.15, 0.2) is 60.7 Å². The summed E-state index contributed by atoms with van der Waals surface area (Å²) in [7, 11) is 0. The van der Waals surface area contributed by atoms with Crippen molar-refractivity contribution in [2.75, 3.05) is 18.0 Å². The van der Waals surface area contributed by atoms with E-state index in [1.165, 1.54) is 17.7 Å². The van der Waals surface area contributed by atoms with Crippen molar-refractivity contribution in [3.05, 3.63) is 77.6 Å². The number of nitrogens with zero attached hydrogens (tertiary/aromatic N) is 2. The van der Waals surface area contributed by atoms with Gasteiger partial charge >= 0.3 is 0 Å². The number of carbonyl (C=O) groups is 2. The second-order valence-corrected chi connectivity index (χ2v) is 8.58. The van der Waals surface area contributed by atoms with Crippen molar-refractivity contribution < 1.29 is 18.7 Å². The largest absolute Gasteiger partial charge is 0.360 e. The molecule has 0 aromatic heterocycles. The zero-order chi connectivity index (χ0) is 20.5. The summed E-state index contributed by atoms with van der Waals surface area (Å²) in [4.78, 5) is 30.5. The Morgan fingerprint density at radius 3 is 2.67 bits per heavy atom. The Hall–Kier alpha value is -2.99. The van der Waals surface area contributed by atoms with E-state index < -0.39 is 17.4 Å². The molecule has 2 bridgehead atoms. The van der Waals surface area contributed by atoms with Crippen LogP contribution in [0, 0.1) is 17.7 Å². The lowest BCUT2D eigenvalue weighted by atomic mass is 9.76. The standard InChI is InChI=1S/C24H21FN2O3/c25-17-5-7-18(8-6-17)27-14-24-11-9-19(30-24)20(21(24)23(27)29)22(28)26-12-10-15-3-1-2-4-16(15)13-26/h1-9,11,19-21H,10,12-14H2/t19-,20-,21+,24-/m0/s1. The average molecular weight is 404 g/mol. The van der Waals surface area contributed by atoms with Crippen molar-refractivity contribution in [2.24, 2.45) is 11.8 Å². The Labute approximate surface area is 173 Å². The minimum absolute atomic E-state index is 0.0139. The minimum atomic E-state index is -0.774. The van der Waals surface area contributed by atoms with Crippen molar-refractivity contribution in [1.82, 2.24) is 4.90 Å². The minimum Gasteiger partial charge on any atom is -0.360 e. The third kappa shape index (κ3) is 2.43. The lowest BCUT2D eigenvalue weighted by Crippen LogP contribution is -2.47. The number of carbonyl (C=O) groups excluding carboxylic acids is 2. The van der Waals surface area contributed by atoms with E-state index in [0.717, 1.165) is 12.0 Å². The van der Waals surface area contributed by atoms with Gasteiger partial charge in [0.1, 0.15) is 11.4 Å². The Morgan fingerprint density at radius 2 is 1.87 bits per heavy atom. The number of hydrogen-bond donors (Lipinski definition) is 0. The van der Waals surface area contributed by atoms with Crippen LogP contribution >= 0.6 is 0 Å². The lowest BCUT2D eigenvalue weighted by molar-refractivity contribution is -0.141. The predicted molar refractivity (Wildman–Crippen MR) is 108 cm³/mol. The molecular weight excluding hydrogens is 383 g/mol. The summed E-state index contributed by atoms with van der Waals surface area (Å²) < 4.78 is 19.6. The zero-order valence-electron chi connectivity index (χ0n) is 16.3. The van der Waals surface area contributed by atoms with Crippen molar-refractivity contribution >= 4 is 17.5 Å². The number of fused-ring (bicyclic) bond motifs is 2. The van der Waals surface area contributed by atoms with E-state index in [0.29, 0.717) is 25.3 Å². The molecule has 0 unspecified atom stereocenters. The number of hydrogen-bond acceptors (Lipinski definition) is 3. The maximum absolute atomic E-state index is 13.6. The van der Waals surface area contributed by atoms with E-state index in [2.05, 4.69) is 12.1 Å². The Balaban J connectivity index is 1.30. The maximum atomic E-state index is 13.6. The Morgan fingerprint density at radius 1 is 1.10 bits per heavy atom. The normalized spacial score (nSPS) is 31.2. The molecule has 4 atom stereocenters. The van der Waals surface area contributed by atoms with Crippen molar-refractivity contribution in [3.63, 3.8) is 0 Å². The molecule has 4 aliphatic rings. The van der Waals surface area contributed by atoms with Crippen LogP contribution in [0.2, 0.25) is 0 Å². The van der Waals surface area contributed by atoms with Crippen LogP contribution in [0.5, 0.6) is 0 Å². The van der Waals surface area contributed by atoms with Gasteiger partial charge in [0.25, 0.3) is 0 Å². The molecule has 6 heteroatoms. The van der Waals surface area contributed by atoms with Crippen LogP contribution in [0.1, 0.15) is 11.1 Å². The summed E-state index contributed by atoms with van der Waals surface area (Å²) in [5.41, 5.74) is 2.30. The molecular formula is C24H21FN2O3. The molecule has 0 N–H and O–H groups in total. The van der Waals surface area contributed by atoms with Gasteiger partial charge < -0.3 is 14.5 Å². The molecule has 152 valence electrons. The number of benzene rings is 2. The third-order valence-corrected chi connectivity index (χ3v) is 6.97. The highest BCUT2D eigenvalue weighted by Crippen LogP contribution is 2.53. The molecule has 6 rings (SSSR count). The van der Waals surface area contributed by atoms with E-state index in [1.807, 2.05) is 29.2 Å². The molecule has 2 aromatic carbocycles. The van der Waals surface area contributed by atoms with Crippen LogP contribution < -0.4 is 4.90 Å². The molecule has 2 saturated heterocycles. The molecule has 4 heterocycles. The van der Waals surface area contributed by atoms with Gasteiger partial charge in [-0.15, -0.1) is 0 Å². The molecule has 5 nitrogen and oxygen atoms in total. The van der Waals surface area contributed by atoms with E-state index in [9.17, 15) is 14.0 Å². The number of amides is 2. The first-order chi connectivity index (χ1) is 14.6. The summed E-state index contributed by atoms with van der Waals surface area (Å²) in [6, 6.07) is 14.1. The molecule has 2 aromatic rings. The highest BCUT2D eigenvalue weighted by Gasteiger charge is 2.67. The summed E-state index contributed by atoms with van der Waals surface area (Å²) in [6.07, 6.45) is 4.33. The maximum Gasteiger partial charge on any atom is 0.234 e. The average Bonchev–Trinajstić information content (AvgIpc) is 3.42. The molecule has 30 heavy (non-hydrogen) atoms. The first-order valence-corrected chi connectivity index (χ1v) is 10.4. The second kappa shape index (κ2) is 6.25. The molecule has 0 radical (unpaired) electrons. The van der Waals surface area contributed by atoms with Gasteiger partial charge in [-0.1, -0.05) is 36.4 Å². The third-order valence-electron chi connectivity index (χ3n) is 6.97. The quantitative estimate of drug-likeness (QED) is 0.724. The van der Waals surface area contributed by atoms with Gasteiger partial charge in [-0.25, -0.2) is 4.39 Å². The number of anilines is 1. The molecule has 2 fully saturated rings. The molecule has 4 aliphatic heterocycles. The van der Waals surface area contributed by atoms with E-state index in [1.54, 1.807) is 17.0 Å². The van der Waals surface area contributed by atoms with Gasteiger partial charge in [0.05, 0.1) is 24.5 Å². The van der Waals surface area contributed by atoms with Gasteiger partial charge in [0, 0.05) is 18.8 Å². The monoisotopic (exact) mass is 404 g/mol. The van der Waals surface area contributed by atoms with Gasteiger partial charge in [-0.3, -0.25) is 9.59 Å². The highest BCUT2D eigenvalue weighted by molar-refractivity contribution is 6.03. The summed E-state index contributed by atoms with van der Waals surface area (Å²) >= 11 is 0. The van der Waals surface area contributed by atoms with Gasteiger partial charge in [0.15, 0.2) is 0 Å². The van der Waals surface area contributed by atoms with Crippen LogP contribution in [-0.4, -0.2) is 41.5 Å². The van der Waals surface area contributed by atoms with Gasteiger partial charge in [0.2, 0.25) is 11.8 Å². The zero-order valence-corrected chi connectivity index (χ0v) is 16.3. The second-order valence-electron chi connectivity index (χ2n) is 8.58. The number of halogens is 1. The fourth-order valence-corrected chi connectivity index (χ4v) is 5.51. The summed E-state index contributed by atoms with van der Waals surface area (Å²) in [5, 5.41) is 0. The highest BCUT2D eigenvalue weighted by atomic mass is 19.1. The summed E-state index contributed by atoms with van der Waals surface area (Å²) in [6.45, 7) is 1.57. The Bertz CT molecular complexity index is 1080. The van der Waals surface area contributed by atoms with Crippen LogP contribution in [0.4, 0.5) is 10.1 Å². The summed E-state index contributed by atoms with van der Waals surface area (Å²) in [5.74, 6) is -1.54. The van der Waals surface area contributed by atoms with Crippen LogP contribution in [-0.2, 0) is 27.3 Å². The smallest absolute Gasteiger partial charge is 0.234 e. The first-order valence-electron chi connectivity index (χ1n) is 10.4. The molecule has 0 saturated carbocycles. The number of ether oxygens (including phenoxy) is 1. The van der Waals surface area contributed by atoms with Crippen molar-refractivity contribution in [2.45, 2.75) is 24.7 Å². The lowest BCUT2D eigenvalue weighted by Gasteiger charge is -2.33.